The zero-order valence-electron chi connectivity index (χ0n) is 7.27. The number of amides is 1. The molecule has 14 heavy (non-hydrogen) atoms. The van der Waals surface area contributed by atoms with Crippen molar-refractivity contribution in [2.24, 2.45) is 5.84 Å². The largest absolute Gasteiger partial charge is 0.290 e. The quantitative estimate of drug-likeness (QED) is 0.381. The number of nitrogens with two attached hydrogens (primary N) is 1. The third kappa shape index (κ3) is 1.40. The van der Waals surface area contributed by atoms with Gasteiger partial charge in [0.2, 0.25) is 0 Å². The molecule has 0 fully saturated rings. The molecule has 0 spiro atoms. The maximum absolute atomic E-state index is 11.2. The molecular formula is C9H8N4O. The third-order valence-electron chi connectivity index (χ3n) is 1.88. The summed E-state index contributed by atoms with van der Waals surface area (Å²) in [6.45, 7) is 0. The Morgan fingerprint density at radius 2 is 2.29 bits per heavy atom. The Hall–Kier alpha value is -2.01. The van der Waals surface area contributed by atoms with Gasteiger partial charge in [-0.3, -0.25) is 20.2 Å². The first-order valence-electron chi connectivity index (χ1n) is 4.02. The molecule has 0 unspecified atom stereocenters. The standard InChI is InChI=1S/C9H8N4O/c10-13-9(14)7-3-6-1-2-11-5-8(6)12-4-7/h1-5H,10H2,(H,13,14). The Morgan fingerprint density at radius 1 is 1.43 bits per heavy atom. The molecule has 0 bridgehead atoms. The molecule has 2 aromatic rings. The fraction of sp³-hybridized carbons (Fsp3) is 0. The fourth-order valence-electron chi connectivity index (χ4n) is 1.18. The van der Waals surface area contributed by atoms with Crippen molar-refractivity contribution in [1.82, 2.24) is 15.4 Å². The van der Waals surface area contributed by atoms with E-state index in [9.17, 15) is 4.79 Å². The van der Waals surface area contributed by atoms with E-state index in [2.05, 4.69) is 15.4 Å². The highest BCUT2D eigenvalue weighted by molar-refractivity contribution is 5.96. The summed E-state index contributed by atoms with van der Waals surface area (Å²) in [7, 11) is 0. The number of carbonyl (C=O) groups is 1. The Labute approximate surface area is 79.9 Å². The van der Waals surface area contributed by atoms with Gasteiger partial charge in [-0.2, -0.15) is 0 Å². The third-order valence-corrected chi connectivity index (χ3v) is 1.88. The summed E-state index contributed by atoms with van der Waals surface area (Å²) in [5, 5.41) is 0.862. The summed E-state index contributed by atoms with van der Waals surface area (Å²) in [4.78, 5) is 19.2. The van der Waals surface area contributed by atoms with Gasteiger partial charge in [-0.1, -0.05) is 0 Å². The molecule has 0 aliphatic heterocycles. The lowest BCUT2D eigenvalue weighted by Gasteiger charge is -2.00. The molecule has 2 heterocycles. The van der Waals surface area contributed by atoms with Crippen LogP contribution in [0, 0.1) is 0 Å². The van der Waals surface area contributed by atoms with Gasteiger partial charge < -0.3 is 0 Å². The number of hydrogen-bond acceptors (Lipinski definition) is 4. The van der Waals surface area contributed by atoms with Crippen molar-refractivity contribution in [2.75, 3.05) is 0 Å². The average molecular weight is 188 g/mol. The van der Waals surface area contributed by atoms with Crippen LogP contribution < -0.4 is 11.3 Å². The normalized spacial score (nSPS) is 10.1. The summed E-state index contributed by atoms with van der Waals surface area (Å²) < 4.78 is 0. The van der Waals surface area contributed by atoms with Crippen LogP contribution in [0.1, 0.15) is 10.4 Å². The predicted molar refractivity (Wildman–Crippen MR) is 51.2 cm³/mol. The number of nitrogen functional groups attached to an aromatic ring is 1. The van der Waals surface area contributed by atoms with E-state index < -0.39 is 0 Å². The Kier molecular flexibility index (Phi) is 2.08. The molecule has 1 amide bonds. The smallest absolute Gasteiger partial charge is 0.266 e. The van der Waals surface area contributed by atoms with Gasteiger partial charge in [-0.15, -0.1) is 0 Å². The highest BCUT2D eigenvalue weighted by Gasteiger charge is 2.04. The SMILES string of the molecule is NNC(=O)c1cnc2cnccc2c1. The maximum Gasteiger partial charge on any atom is 0.266 e. The first-order chi connectivity index (χ1) is 6.81. The van der Waals surface area contributed by atoms with Crippen LogP contribution in [0.2, 0.25) is 0 Å². The van der Waals surface area contributed by atoms with E-state index in [4.69, 9.17) is 5.84 Å². The Morgan fingerprint density at radius 3 is 3.07 bits per heavy atom. The molecule has 0 atom stereocenters. The summed E-state index contributed by atoms with van der Waals surface area (Å²) in [5.41, 5.74) is 3.24. The molecular weight excluding hydrogens is 180 g/mol. The summed E-state index contributed by atoms with van der Waals surface area (Å²) in [5.74, 6) is 4.66. The molecule has 0 aliphatic rings. The molecule has 2 rings (SSSR count). The highest BCUT2D eigenvalue weighted by Crippen LogP contribution is 2.10. The molecule has 0 saturated heterocycles. The van der Waals surface area contributed by atoms with Crippen LogP contribution >= 0.6 is 0 Å². The van der Waals surface area contributed by atoms with Crippen molar-refractivity contribution < 1.29 is 4.79 Å². The van der Waals surface area contributed by atoms with Crippen LogP contribution in [-0.2, 0) is 0 Å². The zero-order chi connectivity index (χ0) is 9.97. The number of carbonyl (C=O) groups excluding carboxylic acids is 1. The van der Waals surface area contributed by atoms with Crippen LogP contribution in [0.25, 0.3) is 10.9 Å². The fourth-order valence-corrected chi connectivity index (χ4v) is 1.18. The number of fused-ring (bicyclic) bond motifs is 1. The molecule has 5 heteroatoms. The topological polar surface area (TPSA) is 80.9 Å². The van der Waals surface area contributed by atoms with Crippen molar-refractivity contribution in [3.63, 3.8) is 0 Å². The molecule has 70 valence electrons. The van der Waals surface area contributed by atoms with Gasteiger partial charge in [-0.05, 0) is 12.1 Å². The van der Waals surface area contributed by atoms with Gasteiger partial charge in [0.1, 0.15) is 0 Å². The van der Waals surface area contributed by atoms with Gasteiger partial charge >= 0.3 is 0 Å². The van der Waals surface area contributed by atoms with Crippen molar-refractivity contribution in [3.05, 3.63) is 36.3 Å². The second kappa shape index (κ2) is 3.39. The number of rotatable bonds is 1. The van der Waals surface area contributed by atoms with Crippen molar-refractivity contribution in [1.29, 1.82) is 0 Å². The average Bonchev–Trinajstić information content (AvgIpc) is 2.27. The van der Waals surface area contributed by atoms with E-state index in [-0.39, 0.29) is 5.91 Å². The van der Waals surface area contributed by atoms with Gasteiger partial charge in [0.25, 0.3) is 5.91 Å². The second-order valence-corrected chi connectivity index (χ2v) is 2.77. The van der Waals surface area contributed by atoms with Gasteiger partial charge in [-0.25, -0.2) is 5.84 Å². The van der Waals surface area contributed by atoms with Crippen LogP contribution in [0.4, 0.5) is 0 Å². The second-order valence-electron chi connectivity index (χ2n) is 2.77. The minimum atomic E-state index is -0.351. The monoisotopic (exact) mass is 188 g/mol. The minimum Gasteiger partial charge on any atom is -0.290 e. The molecule has 0 radical (unpaired) electrons. The lowest BCUT2D eigenvalue weighted by atomic mass is 10.2. The van der Waals surface area contributed by atoms with Crippen LogP contribution in [0.3, 0.4) is 0 Å². The molecule has 2 aromatic heterocycles. The van der Waals surface area contributed by atoms with Crippen LogP contribution in [0.5, 0.6) is 0 Å². The Bertz CT molecular complexity index is 483. The molecule has 0 aliphatic carbocycles. The van der Waals surface area contributed by atoms with Crippen LogP contribution in [-0.4, -0.2) is 15.9 Å². The first kappa shape index (κ1) is 8.58. The number of aromatic nitrogens is 2. The van der Waals surface area contributed by atoms with E-state index in [1.807, 2.05) is 0 Å². The summed E-state index contributed by atoms with van der Waals surface area (Å²) >= 11 is 0. The Balaban J connectivity index is 2.56. The number of nitrogens with one attached hydrogen (secondary N) is 1. The van der Waals surface area contributed by atoms with E-state index in [0.29, 0.717) is 5.56 Å². The zero-order valence-corrected chi connectivity index (χ0v) is 7.27. The molecule has 3 N–H and O–H groups in total. The highest BCUT2D eigenvalue weighted by atomic mass is 16.2. The van der Waals surface area contributed by atoms with Crippen molar-refractivity contribution >= 4 is 16.8 Å². The van der Waals surface area contributed by atoms with E-state index in [1.165, 1.54) is 6.20 Å². The lowest BCUT2D eigenvalue weighted by Crippen LogP contribution is -2.30. The van der Waals surface area contributed by atoms with Gasteiger partial charge in [0.05, 0.1) is 17.3 Å². The van der Waals surface area contributed by atoms with Gasteiger partial charge in [0, 0.05) is 17.8 Å². The molecule has 0 aromatic carbocycles. The number of pyridine rings is 2. The van der Waals surface area contributed by atoms with E-state index >= 15 is 0 Å². The minimum absolute atomic E-state index is 0.351. The number of hydrogen-bond donors (Lipinski definition) is 2. The predicted octanol–water partition coefficient (Wildman–Crippen LogP) is 0.233. The van der Waals surface area contributed by atoms with Crippen molar-refractivity contribution in [3.8, 4) is 0 Å². The summed E-state index contributed by atoms with van der Waals surface area (Å²) in [6.07, 6.45) is 4.75. The first-order valence-corrected chi connectivity index (χ1v) is 4.02. The molecule has 5 nitrogen and oxygen atoms in total. The van der Waals surface area contributed by atoms with E-state index in [0.717, 1.165) is 10.9 Å². The summed E-state index contributed by atoms with van der Waals surface area (Å²) in [6, 6.07) is 3.50. The maximum atomic E-state index is 11.2. The lowest BCUT2D eigenvalue weighted by molar-refractivity contribution is 0.0953. The number of hydrazine groups is 1. The van der Waals surface area contributed by atoms with Crippen molar-refractivity contribution in [2.45, 2.75) is 0 Å². The number of nitrogens with zero attached hydrogens (tertiary/aromatic N) is 2. The van der Waals surface area contributed by atoms with Gasteiger partial charge in [0.15, 0.2) is 0 Å². The van der Waals surface area contributed by atoms with Crippen LogP contribution in [0.15, 0.2) is 30.7 Å². The van der Waals surface area contributed by atoms with E-state index in [1.54, 1.807) is 24.5 Å². The molecule has 0 saturated carbocycles.